The monoisotopic (exact) mass is 636 g/mol. The van der Waals surface area contributed by atoms with Crippen LogP contribution in [0, 0.1) is 6.92 Å². The van der Waals surface area contributed by atoms with Gasteiger partial charge in [-0.25, -0.2) is 21.4 Å². The van der Waals surface area contributed by atoms with E-state index in [1.807, 2.05) is 0 Å². The third-order valence-electron chi connectivity index (χ3n) is 6.89. The van der Waals surface area contributed by atoms with Crippen molar-refractivity contribution < 1.29 is 47.7 Å². The van der Waals surface area contributed by atoms with E-state index in [1.54, 1.807) is 0 Å². The molecule has 0 saturated heterocycles. The Balaban J connectivity index is 0.000000274. The minimum Gasteiger partial charge on any atom is -0.214 e. The molecule has 1 aliphatic carbocycles. The fourth-order valence-electron chi connectivity index (χ4n) is 4.66. The average molecular weight is 637 g/mol. The second-order valence-electron chi connectivity index (χ2n) is 10.0. The number of rotatable bonds is 9. The highest BCUT2D eigenvalue weighted by atomic mass is 32.2. The summed E-state index contributed by atoms with van der Waals surface area (Å²) in [4.78, 5) is -3.81. The van der Waals surface area contributed by atoms with Crippen LogP contribution in [-0.4, -0.2) is 27.9 Å². The van der Waals surface area contributed by atoms with Gasteiger partial charge in [-0.3, -0.25) is 0 Å². The number of sulfone groups is 2. The highest BCUT2D eigenvalue weighted by Gasteiger charge is 2.55. The first kappa shape index (κ1) is 33.6. The van der Waals surface area contributed by atoms with E-state index in [1.165, 1.54) is 74.9 Å². The van der Waals surface area contributed by atoms with Crippen LogP contribution in [0.4, 0.5) is 26.3 Å². The lowest BCUT2D eigenvalue weighted by Gasteiger charge is -2.18. The van der Waals surface area contributed by atoms with Crippen molar-refractivity contribution in [3.63, 3.8) is 0 Å². The molecule has 1 aliphatic rings. The molecule has 2 aromatic carbocycles. The van der Waals surface area contributed by atoms with Gasteiger partial charge in [-0.2, -0.15) is 26.3 Å². The molecule has 0 fully saturated rings. The molecule has 0 N–H and O–H groups in total. The van der Waals surface area contributed by atoms with Crippen LogP contribution in [0.5, 0.6) is 0 Å². The highest BCUT2D eigenvalue weighted by Crippen LogP contribution is 2.47. The lowest BCUT2D eigenvalue weighted by atomic mass is 10.1. The Morgan fingerprint density at radius 2 is 1.29 bits per heavy atom. The smallest absolute Gasteiger partial charge is 0.214 e. The van der Waals surface area contributed by atoms with E-state index in [0.717, 1.165) is 6.07 Å². The number of halogens is 6. The average Bonchev–Trinajstić information content (AvgIpc) is 3.29. The molecule has 0 aliphatic heterocycles. The SMILES string of the molecule is CCCCCCCC[n+]1ccc(C)cc1.O=S(=O)(c1ccc2c(c1S(=O)(=O)C(F)(F)F)Cc1ccccc1-2)C(F)(F)F. The molecule has 0 bridgehead atoms. The number of aryl methyl sites for hydroxylation is 2. The van der Waals surface area contributed by atoms with Gasteiger partial charge >= 0.3 is 11.0 Å². The summed E-state index contributed by atoms with van der Waals surface area (Å²) in [6, 6.07) is 11.4. The van der Waals surface area contributed by atoms with Gasteiger partial charge in [0.1, 0.15) is 6.54 Å². The Bertz CT molecular complexity index is 1600. The molecule has 0 spiro atoms. The van der Waals surface area contributed by atoms with Gasteiger partial charge in [-0.05, 0) is 47.2 Å². The van der Waals surface area contributed by atoms with Gasteiger partial charge in [0.05, 0.1) is 9.79 Å². The summed E-state index contributed by atoms with van der Waals surface area (Å²) in [5.74, 6) is 0. The van der Waals surface area contributed by atoms with Crippen molar-refractivity contribution in [2.75, 3.05) is 0 Å². The van der Waals surface area contributed by atoms with Crippen LogP contribution < -0.4 is 4.57 Å². The van der Waals surface area contributed by atoms with Gasteiger partial charge in [0, 0.05) is 25.0 Å². The molecule has 13 heteroatoms. The number of fused-ring (bicyclic) bond motifs is 3. The minimum absolute atomic E-state index is 0.0606. The minimum atomic E-state index is -6.37. The van der Waals surface area contributed by atoms with Crippen molar-refractivity contribution >= 4 is 19.7 Å². The van der Waals surface area contributed by atoms with Crippen molar-refractivity contribution in [1.82, 2.24) is 0 Å². The molecule has 3 aromatic rings. The number of alkyl halides is 6. The predicted octanol–water partition coefficient (Wildman–Crippen LogP) is 7.49. The Labute approximate surface area is 242 Å². The lowest BCUT2D eigenvalue weighted by molar-refractivity contribution is -0.697. The second-order valence-corrected chi connectivity index (χ2v) is 13.8. The number of unbranched alkanes of at least 4 members (excludes halogenated alkanes) is 5. The van der Waals surface area contributed by atoms with Gasteiger partial charge < -0.3 is 0 Å². The fraction of sp³-hybridized carbons (Fsp3) is 0.414. The number of aromatic nitrogens is 1. The maximum absolute atomic E-state index is 13.1. The van der Waals surface area contributed by atoms with Gasteiger partial charge in [0.25, 0.3) is 19.7 Å². The first-order valence-corrected chi connectivity index (χ1v) is 16.3. The van der Waals surface area contributed by atoms with Crippen LogP contribution in [0.3, 0.4) is 0 Å². The lowest BCUT2D eigenvalue weighted by Crippen LogP contribution is -2.32. The molecular formula is C29H32F6NO4S2+. The Morgan fingerprint density at radius 3 is 1.88 bits per heavy atom. The van der Waals surface area contributed by atoms with Gasteiger partial charge in [-0.15, -0.1) is 0 Å². The maximum Gasteiger partial charge on any atom is 0.501 e. The molecule has 4 rings (SSSR count). The summed E-state index contributed by atoms with van der Waals surface area (Å²) in [6.07, 6.45) is 12.2. The molecule has 230 valence electrons. The molecule has 1 heterocycles. The Morgan fingerprint density at radius 1 is 0.714 bits per heavy atom. The summed E-state index contributed by atoms with van der Waals surface area (Å²) < 4.78 is 128. The molecule has 0 saturated carbocycles. The van der Waals surface area contributed by atoms with Crippen LogP contribution in [0.25, 0.3) is 11.1 Å². The molecule has 0 amide bonds. The normalized spacial score (nSPS) is 13.2. The molecular weight excluding hydrogens is 604 g/mol. The van der Waals surface area contributed by atoms with E-state index in [2.05, 4.69) is 42.9 Å². The maximum atomic E-state index is 13.1. The van der Waals surface area contributed by atoms with Gasteiger partial charge in [-0.1, -0.05) is 62.9 Å². The van der Waals surface area contributed by atoms with Crippen molar-refractivity contribution in [3.05, 3.63) is 77.6 Å². The van der Waals surface area contributed by atoms with Crippen LogP contribution in [-0.2, 0) is 32.6 Å². The van der Waals surface area contributed by atoms with Crippen molar-refractivity contribution in [2.45, 2.75) is 86.1 Å². The zero-order valence-electron chi connectivity index (χ0n) is 23.1. The third kappa shape index (κ3) is 7.34. The van der Waals surface area contributed by atoms with E-state index < -0.39 is 52.5 Å². The van der Waals surface area contributed by atoms with E-state index in [-0.39, 0.29) is 11.6 Å². The van der Waals surface area contributed by atoms with Crippen molar-refractivity contribution in [1.29, 1.82) is 0 Å². The van der Waals surface area contributed by atoms with Crippen LogP contribution in [0.2, 0.25) is 0 Å². The number of hydrogen-bond acceptors (Lipinski definition) is 4. The Kier molecular flexibility index (Phi) is 10.5. The predicted molar refractivity (Wildman–Crippen MR) is 146 cm³/mol. The molecule has 5 nitrogen and oxygen atoms in total. The van der Waals surface area contributed by atoms with E-state index >= 15 is 0 Å². The first-order chi connectivity index (χ1) is 19.5. The largest absolute Gasteiger partial charge is 0.501 e. The number of nitrogens with zero attached hydrogens (tertiary/aromatic N) is 1. The van der Waals surface area contributed by atoms with Gasteiger partial charge in [0.2, 0.25) is 0 Å². The number of benzene rings is 2. The second kappa shape index (κ2) is 13.2. The van der Waals surface area contributed by atoms with Crippen LogP contribution >= 0.6 is 0 Å². The van der Waals surface area contributed by atoms with Crippen LogP contribution in [0.1, 0.15) is 62.1 Å². The fourth-order valence-corrected chi connectivity index (χ4v) is 7.26. The van der Waals surface area contributed by atoms with Crippen LogP contribution in [0.15, 0.2) is 70.7 Å². The van der Waals surface area contributed by atoms with E-state index in [0.29, 0.717) is 11.1 Å². The Hall–Kier alpha value is -2.93. The quantitative estimate of drug-likeness (QED) is 0.108. The molecule has 1 aromatic heterocycles. The molecule has 42 heavy (non-hydrogen) atoms. The zero-order chi connectivity index (χ0) is 31.3. The van der Waals surface area contributed by atoms with E-state index in [4.69, 9.17) is 0 Å². The van der Waals surface area contributed by atoms with Crippen molar-refractivity contribution in [2.24, 2.45) is 0 Å². The molecule has 0 radical (unpaired) electrons. The van der Waals surface area contributed by atoms with E-state index in [9.17, 15) is 43.2 Å². The first-order valence-electron chi connectivity index (χ1n) is 13.3. The highest BCUT2D eigenvalue weighted by molar-refractivity contribution is 7.95. The summed E-state index contributed by atoms with van der Waals surface area (Å²) in [5.41, 5.74) is -10.6. The number of hydrogen-bond donors (Lipinski definition) is 0. The summed E-state index contributed by atoms with van der Waals surface area (Å²) in [5, 5.41) is 0. The molecule has 0 unspecified atom stereocenters. The topological polar surface area (TPSA) is 72.2 Å². The third-order valence-corrected chi connectivity index (χ3v) is 10.2. The number of pyridine rings is 1. The molecule has 0 atom stereocenters. The summed E-state index contributed by atoms with van der Waals surface area (Å²) in [7, 11) is -12.7. The van der Waals surface area contributed by atoms with Crippen molar-refractivity contribution in [3.8, 4) is 11.1 Å². The standard InChI is InChI=1S/C15H8F6O4S2.C14H24N/c16-14(17,18)26(22,23)12-6-5-10-9-4-2-1-3-8(9)7-11(10)13(12)27(24,25)15(19,20)21;1-3-4-5-6-7-8-11-15-12-9-14(2)10-13-15/h1-6H,7H2;9-10,12-13H,3-8,11H2,1-2H3/q;+1. The summed E-state index contributed by atoms with van der Waals surface area (Å²) >= 11 is 0. The summed E-state index contributed by atoms with van der Waals surface area (Å²) in [6.45, 7) is 5.57. The van der Waals surface area contributed by atoms with Gasteiger partial charge in [0.15, 0.2) is 12.4 Å². The zero-order valence-corrected chi connectivity index (χ0v) is 24.7.